The van der Waals surface area contributed by atoms with Crippen molar-refractivity contribution in [3.05, 3.63) is 47.6 Å². The highest BCUT2D eigenvalue weighted by Gasteiger charge is 2.11. The summed E-state index contributed by atoms with van der Waals surface area (Å²) in [5.41, 5.74) is 3.07. The molecule has 0 spiro atoms. The summed E-state index contributed by atoms with van der Waals surface area (Å²) in [6, 6.07) is 0. The number of allylic oxidation sites excluding steroid dienone is 6. The minimum atomic E-state index is 0.334. The van der Waals surface area contributed by atoms with Crippen LogP contribution in [0.15, 0.2) is 47.6 Å². The zero-order valence-corrected chi connectivity index (χ0v) is 12.4. The summed E-state index contributed by atoms with van der Waals surface area (Å²) >= 11 is 0. The highest BCUT2D eigenvalue weighted by atomic mass is 16.2. The molecule has 0 bridgehead atoms. The molecule has 20 heavy (non-hydrogen) atoms. The van der Waals surface area contributed by atoms with Crippen LogP contribution in [0.5, 0.6) is 0 Å². The molecule has 0 unspecified atom stereocenters. The average Bonchev–Trinajstić information content (AvgIpc) is 3.12. The third-order valence-electron chi connectivity index (χ3n) is 3.93. The second-order valence-electron chi connectivity index (χ2n) is 5.76. The van der Waals surface area contributed by atoms with Gasteiger partial charge in [-0.25, -0.2) is 0 Å². The summed E-state index contributed by atoms with van der Waals surface area (Å²) in [6.45, 7) is 3.70. The van der Waals surface area contributed by atoms with Crippen molar-refractivity contribution < 1.29 is 5.11 Å². The molecule has 2 aliphatic carbocycles. The first-order valence-electron chi connectivity index (χ1n) is 7.91. The van der Waals surface area contributed by atoms with E-state index in [4.69, 9.17) is 5.11 Å². The lowest BCUT2D eigenvalue weighted by Crippen LogP contribution is -2.29. The molecule has 0 aromatic carbocycles. The Hall–Kier alpha value is -1.12. The Labute approximate surface area is 123 Å². The Morgan fingerprint density at radius 3 is 1.95 bits per heavy atom. The smallest absolute Gasteiger partial charge is 0.0431 e. The Kier molecular flexibility index (Phi) is 6.82. The Bertz CT molecular complexity index is 372. The standard InChI is InChI=1S/C18H27NO/c20-14-8-2-1-7-13-19(15-17-9-3-4-10-17)16-18-11-5-6-12-18/h3-6,9,11,20H,1-2,7-8,10,12-16H2. The average molecular weight is 273 g/mol. The van der Waals surface area contributed by atoms with Crippen molar-refractivity contribution in [1.82, 2.24) is 4.90 Å². The van der Waals surface area contributed by atoms with Crippen LogP contribution in [0.2, 0.25) is 0 Å². The van der Waals surface area contributed by atoms with Gasteiger partial charge in [0.25, 0.3) is 0 Å². The molecular weight excluding hydrogens is 246 g/mol. The molecule has 110 valence electrons. The summed E-state index contributed by atoms with van der Waals surface area (Å²) in [5.74, 6) is 0. The molecule has 0 aromatic heterocycles. The summed E-state index contributed by atoms with van der Waals surface area (Å²) in [6.07, 6.45) is 20.2. The first-order chi connectivity index (χ1) is 9.88. The molecule has 2 aliphatic rings. The Balaban J connectivity index is 1.73. The van der Waals surface area contributed by atoms with Crippen LogP contribution in [-0.4, -0.2) is 36.2 Å². The van der Waals surface area contributed by atoms with Gasteiger partial charge in [0.15, 0.2) is 0 Å². The van der Waals surface area contributed by atoms with Gasteiger partial charge in [-0.2, -0.15) is 0 Å². The second-order valence-corrected chi connectivity index (χ2v) is 5.76. The summed E-state index contributed by atoms with van der Waals surface area (Å²) in [7, 11) is 0. The van der Waals surface area contributed by atoms with Crippen LogP contribution < -0.4 is 0 Å². The van der Waals surface area contributed by atoms with Crippen LogP contribution in [0.1, 0.15) is 38.5 Å². The molecule has 0 atom stereocenters. The van der Waals surface area contributed by atoms with E-state index in [0.717, 1.165) is 38.8 Å². The SMILES string of the molecule is OCCCCCCN(CC1=CC=CC1)CC1=CC=CC1. The third kappa shape index (κ3) is 5.48. The fourth-order valence-corrected chi connectivity index (χ4v) is 2.81. The second kappa shape index (κ2) is 8.93. The molecule has 0 amide bonds. The van der Waals surface area contributed by atoms with E-state index in [1.54, 1.807) is 0 Å². The summed E-state index contributed by atoms with van der Waals surface area (Å²) in [5, 5.41) is 8.81. The first kappa shape index (κ1) is 15.3. The maximum atomic E-state index is 8.81. The van der Waals surface area contributed by atoms with Gasteiger partial charge in [-0.1, -0.05) is 60.4 Å². The maximum absolute atomic E-state index is 8.81. The molecule has 1 N–H and O–H groups in total. The molecule has 0 radical (unpaired) electrons. The lowest BCUT2D eigenvalue weighted by Gasteiger charge is -2.23. The number of aliphatic hydroxyl groups is 1. The topological polar surface area (TPSA) is 23.5 Å². The van der Waals surface area contributed by atoms with Gasteiger partial charge in [0.05, 0.1) is 0 Å². The minimum Gasteiger partial charge on any atom is -0.396 e. The third-order valence-corrected chi connectivity index (χ3v) is 3.93. The highest BCUT2D eigenvalue weighted by molar-refractivity contribution is 5.26. The van der Waals surface area contributed by atoms with E-state index in [-0.39, 0.29) is 0 Å². The van der Waals surface area contributed by atoms with E-state index in [9.17, 15) is 0 Å². The molecular formula is C18H27NO. The summed E-state index contributed by atoms with van der Waals surface area (Å²) in [4.78, 5) is 2.58. The Morgan fingerprint density at radius 2 is 1.45 bits per heavy atom. The van der Waals surface area contributed by atoms with E-state index in [1.165, 1.54) is 30.5 Å². The Morgan fingerprint density at radius 1 is 0.850 bits per heavy atom. The monoisotopic (exact) mass is 273 g/mol. The fraction of sp³-hybridized carbons (Fsp3) is 0.556. The minimum absolute atomic E-state index is 0.334. The van der Waals surface area contributed by atoms with Crippen molar-refractivity contribution in [1.29, 1.82) is 0 Å². The number of unbranched alkanes of at least 4 members (excludes halogenated alkanes) is 3. The summed E-state index contributed by atoms with van der Waals surface area (Å²) < 4.78 is 0. The van der Waals surface area contributed by atoms with Crippen molar-refractivity contribution in [2.24, 2.45) is 0 Å². The highest BCUT2D eigenvalue weighted by Crippen LogP contribution is 2.17. The van der Waals surface area contributed by atoms with Crippen LogP contribution in [0, 0.1) is 0 Å². The van der Waals surface area contributed by atoms with Gasteiger partial charge in [0.1, 0.15) is 0 Å². The lowest BCUT2D eigenvalue weighted by molar-refractivity contribution is 0.276. The van der Waals surface area contributed by atoms with Gasteiger partial charge in [0.2, 0.25) is 0 Å². The van der Waals surface area contributed by atoms with Crippen LogP contribution in [0.4, 0.5) is 0 Å². The van der Waals surface area contributed by atoms with Gasteiger partial charge in [0, 0.05) is 19.7 Å². The number of nitrogens with zero attached hydrogens (tertiary/aromatic N) is 1. The molecule has 0 aliphatic heterocycles. The fourth-order valence-electron chi connectivity index (χ4n) is 2.81. The normalized spacial score (nSPS) is 17.1. The molecule has 2 nitrogen and oxygen atoms in total. The van der Waals surface area contributed by atoms with Gasteiger partial charge in [-0.3, -0.25) is 4.90 Å². The number of aliphatic hydroxyl groups excluding tert-OH is 1. The van der Waals surface area contributed by atoms with Crippen molar-refractivity contribution >= 4 is 0 Å². The zero-order chi connectivity index (χ0) is 14.0. The van der Waals surface area contributed by atoms with E-state index in [2.05, 4.69) is 41.4 Å². The van der Waals surface area contributed by atoms with Crippen molar-refractivity contribution in [2.45, 2.75) is 38.5 Å². The van der Waals surface area contributed by atoms with Crippen LogP contribution in [0.3, 0.4) is 0 Å². The number of hydrogen-bond acceptors (Lipinski definition) is 2. The molecule has 0 saturated heterocycles. The molecule has 2 rings (SSSR count). The lowest BCUT2D eigenvalue weighted by atomic mass is 10.1. The van der Waals surface area contributed by atoms with Crippen LogP contribution in [0.25, 0.3) is 0 Å². The van der Waals surface area contributed by atoms with Gasteiger partial charge >= 0.3 is 0 Å². The number of hydrogen-bond donors (Lipinski definition) is 1. The molecule has 2 heteroatoms. The van der Waals surface area contributed by atoms with E-state index in [1.807, 2.05) is 0 Å². The van der Waals surface area contributed by atoms with Gasteiger partial charge in [-0.05, 0) is 32.2 Å². The predicted molar refractivity (Wildman–Crippen MR) is 85.7 cm³/mol. The predicted octanol–water partition coefficient (Wildman–Crippen LogP) is 3.61. The van der Waals surface area contributed by atoms with Crippen molar-refractivity contribution in [3.63, 3.8) is 0 Å². The molecule has 0 saturated carbocycles. The maximum Gasteiger partial charge on any atom is 0.0431 e. The first-order valence-corrected chi connectivity index (χ1v) is 7.91. The largest absolute Gasteiger partial charge is 0.396 e. The molecule has 0 heterocycles. The molecule has 0 aromatic rings. The van der Waals surface area contributed by atoms with E-state index >= 15 is 0 Å². The quantitative estimate of drug-likeness (QED) is 0.615. The van der Waals surface area contributed by atoms with Gasteiger partial charge in [-0.15, -0.1) is 0 Å². The zero-order valence-electron chi connectivity index (χ0n) is 12.4. The van der Waals surface area contributed by atoms with E-state index < -0.39 is 0 Å². The van der Waals surface area contributed by atoms with Crippen molar-refractivity contribution in [3.8, 4) is 0 Å². The van der Waals surface area contributed by atoms with Crippen LogP contribution >= 0.6 is 0 Å². The number of rotatable bonds is 10. The van der Waals surface area contributed by atoms with Crippen LogP contribution in [-0.2, 0) is 0 Å². The van der Waals surface area contributed by atoms with Crippen molar-refractivity contribution in [2.75, 3.05) is 26.2 Å². The van der Waals surface area contributed by atoms with Gasteiger partial charge < -0.3 is 5.11 Å². The van der Waals surface area contributed by atoms with E-state index in [0.29, 0.717) is 6.61 Å². The molecule has 0 fully saturated rings.